The zero-order valence-electron chi connectivity index (χ0n) is 7.45. The molecule has 0 aliphatic carbocycles. The SMILES string of the molecule is C[C@](N)(C(N)=O)c1cccc(N)c1. The summed E-state index contributed by atoms with van der Waals surface area (Å²) in [5.74, 6) is -0.571. The van der Waals surface area contributed by atoms with Crippen LogP contribution in [0.15, 0.2) is 24.3 Å². The van der Waals surface area contributed by atoms with Gasteiger partial charge in [0.25, 0.3) is 0 Å². The molecule has 0 spiro atoms. The number of primary amides is 1. The lowest BCUT2D eigenvalue weighted by molar-refractivity contribution is -0.122. The Morgan fingerprint density at radius 1 is 1.46 bits per heavy atom. The highest BCUT2D eigenvalue weighted by atomic mass is 16.1. The van der Waals surface area contributed by atoms with Crippen molar-refractivity contribution < 1.29 is 4.79 Å². The molecular weight excluding hydrogens is 166 g/mol. The summed E-state index contributed by atoms with van der Waals surface area (Å²) in [6, 6.07) is 6.82. The van der Waals surface area contributed by atoms with Gasteiger partial charge in [-0.3, -0.25) is 4.79 Å². The summed E-state index contributed by atoms with van der Waals surface area (Å²) in [5.41, 5.74) is 16.4. The maximum absolute atomic E-state index is 11.0. The predicted molar refractivity (Wildman–Crippen MR) is 51.6 cm³/mol. The summed E-state index contributed by atoms with van der Waals surface area (Å²) in [7, 11) is 0. The molecule has 0 unspecified atom stereocenters. The Bertz CT molecular complexity index is 333. The van der Waals surface area contributed by atoms with Gasteiger partial charge in [-0.15, -0.1) is 0 Å². The summed E-state index contributed by atoms with van der Waals surface area (Å²) in [4.78, 5) is 11.0. The van der Waals surface area contributed by atoms with Crippen LogP contribution >= 0.6 is 0 Å². The zero-order chi connectivity index (χ0) is 10.1. The van der Waals surface area contributed by atoms with Crippen molar-refractivity contribution in [3.63, 3.8) is 0 Å². The molecule has 4 heteroatoms. The normalized spacial score (nSPS) is 14.9. The van der Waals surface area contributed by atoms with Gasteiger partial charge in [0.2, 0.25) is 5.91 Å². The van der Waals surface area contributed by atoms with E-state index in [0.717, 1.165) is 0 Å². The van der Waals surface area contributed by atoms with Crippen LogP contribution in [-0.4, -0.2) is 5.91 Å². The number of hydrogen-bond acceptors (Lipinski definition) is 3. The lowest BCUT2D eigenvalue weighted by atomic mass is 9.92. The van der Waals surface area contributed by atoms with Crippen LogP contribution in [0, 0.1) is 0 Å². The van der Waals surface area contributed by atoms with Crippen LogP contribution < -0.4 is 17.2 Å². The van der Waals surface area contributed by atoms with Gasteiger partial charge in [-0.2, -0.15) is 0 Å². The van der Waals surface area contributed by atoms with E-state index in [1.54, 1.807) is 31.2 Å². The number of benzene rings is 1. The van der Waals surface area contributed by atoms with Gasteiger partial charge in [0.15, 0.2) is 0 Å². The van der Waals surface area contributed by atoms with Crippen LogP contribution in [0.1, 0.15) is 12.5 Å². The van der Waals surface area contributed by atoms with Crippen LogP contribution in [0.25, 0.3) is 0 Å². The lowest BCUT2D eigenvalue weighted by Gasteiger charge is -2.20. The molecule has 0 saturated heterocycles. The highest BCUT2D eigenvalue weighted by Gasteiger charge is 2.27. The second-order valence-corrected chi connectivity index (χ2v) is 3.19. The molecule has 1 atom stereocenters. The van der Waals surface area contributed by atoms with Crippen molar-refractivity contribution in [1.82, 2.24) is 0 Å². The van der Waals surface area contributed by atoms with Crippen molar-refractivity contribution in [3.8, 4) is 0 Å². The predicted octanol–water partition coefficient (Wildman–Crippen LogP) is -0.0720. The number of nitrogens with two attached hydrogens (primary N) is 3. The van der Waals surface area contributed by atoms with Crippen LogP contribution in [0.2, 0.25) is 0 Å². The molecule has 1 aromatic carbocycles. The number of anilines is 1. The summed E-state index contributed by atoms with van der Waals surface area (Å²) < 4.78 is 0. The molecule has 0 saturated carbocycles. The van der Waals surface area contributed by atoms with E-state index in [0.29, 0.717) is 11.3 Å². The van der Waals surface area contributed by atoms with E-state index >= 15 is 0 Å². The number of hydrogen-bond donors (Lipinski definition) is 3. The van der Waals surface area contributed by atoms with Gasteiger partial charge < -0.3 is 17.2 Å². The zero-order valence-corrected chi connectivity index (χ0v) is 7.45. The molecule has 0 aliphatic rings. The number of amides is 1. The highest BCUT2D eigenvalue weighted by Crippen LogP contribution is 2.19. The van der Waals surface area contributed by atoms with E-state index < -0.39 is 11.4 Å². The number of carbonyl (C=O) groups excluding carboxylic acids is 1. The van der Waals surface area contributed by atoms with E-state index in [1.807, 2.05) is 0 Å². The van der Waals surface area contributed by atoms with Crippen LogP contribution in [0.4, 0.5) is 5.69 Å². The van der Waals surface area contributed by atoms with Gasteiger partial charge in [-0.1, -0.05) is 12.1 Å². The third-order valence-corrected chi connectivity index (χ3v) is 2.00. The molecule has 1 aromatic rings. The first-order valence-corrected chi connectivity index (χ1v) is 3.89. The molecule has 13 heavy (non-hydrogen) atoms. The molecule has 0 heterocycles. The quantitative estimate of drug-likeness (QED) is 0.554. The third-order valence-electron chi connectivity index (χ3n) is 2.00. The standard InChI is InChI=1S/C9H13N3O/c1-9(12,8(11)13)6-3-2-4-7(10)5-6/h2-5H,10,12H2,1H3,(H2,11,13)/t9-/m1/s1. The Morgan fingerprint density at radius 3 is 2.54 bits per heavy atom. The van der Waals surface area contributed by atoms with Crippen molar-refractivity contribution in [1.29, 1.82) is 0 Å². The maximum Gasteiger partial charge on any atom is 0.241 e. The summed E-state index contributed by atoms with van der Waals surface area (Å²) in [6.07, 6.45) is 0. The Kier molecular flexibility index (Phi) is 2.25. The number of rotatable bonds is 2. The van der Waals surface area contributed by atoms with Crippen molar-refractivity contribution >= 4 is 11.6 Å². The van der Waals surface area contributed by atoms with Gasteiger partial charge in [0, 0.05) is 5.69 Å². The van der Waals surface area contributed by atoms with E-state index in [4.69, 9.17) is 17.2 Å². The molecule has 1 rings (SSSR count). The molecular formula is C9H13N3O. The van der Waals surface area contributed by atoms with Crippen LogP contribution in [-0.2, 0) is 10.3 Å². The lowest BCUT2D eigenvalue weighted by Crippen LogP contribution is -2.46. The first kappa shape index (κ1) is 9.54. The second-order valence-electron chi connectivity index (χ2n) is 3.19. The highest BCUT2D eigenvalue weighted by molar-refractivity contribution is 5.85. The molecule has 0 aliphatic heterocycles. The minimum absolute atomic E-state index is 0.565. The molecule has 70 valence electrons. The largest absolute Gasteiger partial charge is 0.399 e. The minimum atomic E-state index is -1.16. The minimum Gasteiger partial charge on any atom is -0.399 e. The van der Waals surface area contributed by atoms with Crippen molar-refractivity contribution in [2.75, 3.05) is 5.73 Å². The topological polar surface area (TPSA) is 95.1 Å². The van der Waals surface area contributed by atoms with E-state index in [-0.39, 0.29) is 0 Å². The smallest absolute Gasteiger partial charge is 0.241 e. The Balaban J connectivity index is 3.14. The number of carbonyl (C=O) groups is 1. The molecule has 6 N–H and O–H groups in total. The summed E-state index contributed by atoms with van der Waals surface area (Å²) in [6.45, 7) is 1.56. The Morgan fingerprint density at radius 2 is 2.08 bits per heavy atom. The van der Waals surface area contributed by atoms with E-state index in [1.165, 1.54) is 0 Å². The van der Waals surface area contributed by atoms with Gasteiger partial charge >= 0.3 is 0 Å². The van der Waals surface area contributed by atoms with Crippen LogP contribution in [0.3, 0.4) is 0 Å². The van der Waals surface area contributed by atoms with Crippen molar-refractivity contribution in [2.24, 2.45) is 11.5 Å². The van der Waals surface area contributed by atoms with Gasteiger partial charge in [0.05, 0.1) is 0 Å². The number of nitrogen functional groups attached to an aromatic ring is 1. The fourth-order valence-electron chi connectivity index (χ4n) is 1.00. The summed E-state index contributed by atoms with van der Waals surface area (Å²) in [5, 5.41) is 0. The average Bonchev–Trinajstić information content (AvgIpc) is 2.04. The maximum atomic E-state index is 11.0. The fraction of sp³-hybridized carbons (Fsp3) is 0.222. The Hall–Kier alpha value is -1.55. The van der Waals surface area contributed by atoms with Gasteiger partial charge in [0.1, 0.15) is 5.54 Å². The molecule has 4 nitrogen and oxygen atoms in total. The van der Waals surface area contributed by atoms with Gasteiger partial charge in [-0.05, 0) is 24.6 Å². The first-order valence-electron chi connectivity index (χ1n) is 3.89. The third kappa shape index (κ3) is 1.78. The van der Waals surface area contributed by atoms with Crippen molar-refractivity contribution in [2.45, 2.75) is 12.5 Å². The molecule has 0 radical (unpaired) electrons. The average molecular weight is 179 g/mol. The molecule has 0 aromatic heterocycles. The summed E-state index contributed by atoms with van der Waals surface area (Å²) >= 11 is 0. The van der Waals surface area contributed by atoms with Crippen molar-refractivity contribution in [3.05, 3.63) is 29.8 Å². The first-order chi connectivity index (χ1) is 5.94. The van der Waals surface area contributed by atoms with E-state index in [9.17, 15) is 4.79 Å². The molecule has 0 fully saturated rings. The Labute approximate surface area is 76.7 Å². The van der Waals surface area contributed by atoms with Gasteiger partial charge in [-0.25, -0.2) is 0 Å². The molecule has 1 amide bonds. The monoisotopic (exact) mass is 179 g/mol. The molecule has 0 bridgehead atoms. The second kappa shape index (κ2) is 3.06. The van der Waals surface area contributed by atoms with Crippen LogP contribution in [0.5, 0.6) is 0 Å². The van der Waals surface area contributed by atoms with E-state index in [2.05, 4.69) is 0 Å². The fourth-order valence-corrected chi connectivity index (χ4v) is 1.00.